The number of benzene rings is 1. The first kappa shape index (κ1) is 18.7. The van der Waals surface area contributed by atoms with E-state index in [1.54, 1.807) is 40.6 Å². The second-order valence-corrected chi connectivity index (χ2v) is 5.43. The predicted octanol–water partition coefficient (Wildman–Crippen LogP) is 2.10. The molecule has 0 aliphatic rings. The highest BCUT2D eigenvalue weighted by molar-refractivity contribution is 5.81. The van der Waals surface area contributed by atoms with Crippen LogP contribution in [0.5, 0.6) is 17.2 Å². The first-order valence-corrected chi connectivity index (χ1v) is 7.91. The molecule has 2 rings (SSSR count). The second kappa shape index (κ2) is 8.98. The summed E-state index contributed by atoms with van der Waals surface area (Å²) in [4.78, 5) is 12.1. The van der Waals surface area contributed by atoms with Crippen LogP contribution in [0.4, 0.5) is 0 Å². The lowest BCUT2D eigenvalue weighted by Crippen LogP contribution is -2.41. The van der Waals surface area contributed by atoms with Crippen molar-refractivity contribution in [3.63, 3.8) is 0 Å². The van der Waals surface area contributed by atoms with Crippen LogP contribution in [0, 0.1) is 0 Å². The smallest absolute Gasteiger partial charge is 0.237 e. The van der Waals surface area contributed by atoms with E-state index in [0.717, 1.165) is 5.56 Å². The third-order valence-corrected chi connectivity index (χ3v) is 3.75. The van der Waals surface area contributed by atoms with Gasteiger partial charge in [-0.1, -0.05) is 0 Å². The second-order valence-electron chi connectivity index (χ2n) is 5.43. The van der Waals surface area contributed by atoms with Crippen molar-refractivity contribution in [3.05, 3.63) is 41.9 Å². The maximum atomic E-state index is 12.1. The Morgan fingerprint density at radius 1 is 1.12 bits per heavy atom. The molecule has 0 saturated heterocycles. The zero-order valence-corrected chi connectivity index (χ0v) is 14.9. The van der Waals surface area contributed by atoms with Crippen molar-refractivity contribution in [1.29, 1.82) is 0 Å². The van der Waals surface area contributed by atoms with Gasteiger partial charge in [-0.2, -0.15) is 0 Å². The summed E-state index contributed by atoms with van der Waals surface area (Å²) < 4.78 is 21.2. The first-order valence-electron chi connectivity index (χ1n) is 7.91. The average molecular weight is 348 g/mol. The molecule has 1 aromatic carbocycles. The fraction of sp³-hybridized carbons (Fsp3) is 0.389. The number of hydrogen-bond acceptors (Lipinski definition) is 6. The van der Waals surface area contributed by atoms with Gasteiger partial charge in [0.1, 0.15) is 5.76 Å². The zero-order chi connectivity index (χ0) is 18.2. The Labute approximate surface area is 147 Å². The number of furan rings is 1. The van der Waals surface area contributed by atoms with Gasteiger partial charge >= 0.3 is 0 Å². The summed E-state index contributed by atoms with van der Waals surface area (Å²) >= 11 is 0. The summed E-state index contributed by atoms with van der Waals surface area (Å²) in [6.45, 7) is 2.64. The van der Waals surface area contributed by atoms with E-state index in [0.29, 0.717) is 36.1 Å². The summed E-state index contributed by atoms with van der Waals surface area (Å²) in [6.07, 6.45) is 1.58. The lowest BCUT2D eigenvalue weighted by atomic mass is 10.1. The Morgan fingerprint density at radius 3 is 2.32 bits per heavy atom. The molecule has 0 aliphatic carbocycles. The molecule has 0 fully saturated rings. The highest BCUT2D eigenvalue weighted by atomic mass is 16.5. The van der Waals surface area contributed by atoms with Crippen LogP contribution >= 0.6 is 0 Å². The maximum Gasteiger partial charge on any atom is 0.237 e. The predicted molar refractivity (Wildman–Crippen MR) is 93.0 cm³/mol. The molecule has 7 nitrogen and oxygen atoms in total. The van der Waals surface area contributed by atoms with Crippen LogP contribution in [0.1, 0.15) is 18.2 Å². The number of amides is 1. The third-order valence-electron chi connectivity index (χ3n) is 3.75. The molecule has 136 valence electrons. The number of carbonyl (C=O) groups excluding carboxylic acids is 1. The van der Waals surface area contributed by atoms with Crippen molar-refractivity contribution in [2.45, 2.75) is 26.1 Å². The Bertz CT molecular complexity index is 660. The van der Waals surface area contributed by atoms with E-state index in [2.05, 4.69) is 10.6 Å². The highest BCUT2D eigenvalue weighted by Gasteiger charge is 2.16. The standard InChI is InChI=1S/C18H24N2O5/c1-12(18(21)20-11-14-6-5-7-25-14)19-10-13-8-15(22-2)17(24-4)16(9-13)23-3/h5-9,12,19H,10-11H2,1-4H3,(H,20,21). The van der Waals surface area contributed by atoms with E-state index in [-0.39, 0.29) is 11.9 Å². The highest BCUT2D eigenvalue weighted by Crippen LogP contribution is 2.38. The Hall–Kier alpha value is -2.67. The van der Waals surface area contributed by atoms with E-state index in [1.165, 1.54) is 0 Å². The lowest BCUT2D eigenvalue weighted by molar-refractivity contribution is -0.123. The molecule has 7 heteroatoms. The van der Waals surface area contributed by atoms with Gasteiger partial charge in [0, 0.05) is 6.54 Å². The van der Waals surface area contributed by atoms with Gasteiger partial charge in [-0.05, 0) is 36.8 Å². The van der Waals surface area contributed by atoms with E-state index in [1.807, 2.05) is 18.2 Å². The number of carbonyl (C=O) groups is 1. The van der Waals surface area contributed by atoms with Gasteiger partial charge in [0.05, 0.1) is 40.2 Å². The van der Waals surface area contributed by atoms with Crippen LogP contribution in [-0.4, -0.2) is 33.3 Å². The van der Waals surface area contributed by atoms with Crippen molar-refractivity contribution in [2.75, 3.05) is 21.3 Å². The summed E-state index contributed by atoms with van der Waals surface area (Å²) in [6, 6.07) is 6.93. The van der Waals surface area contributed by atoms with Crippen LogP contribution in [0.15, 0.2) is 34.9 Å². The van der Waals surface area contributed by atoms with Gasteiger partial charge in [0.15, 0.2) is 11.5 Å². The van der Waals surface area contributed by atoms with Gasteiger partial charge in [0.2, 0.25) is 11.7 Å². The summed E-state index contributed by atoms with van der Waals surface area (Å²) in [5, 5.41) is 5.99. The van der Waals surface area contributed by atoms with E-state index >= 15 is 0 Å². The molecule has 0 bridgehead atoms. The van der Waals surface area contributed by atoms with Crippen LogP contribution in [0.3, 0.4) is 0 Å². The minimum atomic E-state index is -0.367. The van der Waals surface area contributed by atoms with Crippen LogP contribution in [0.2, 0.25) is 0 Å². The SMILES string of the molecule is COc1cc(CNC(C)C(=O)NCc2ccco2)cc(OC)c1OC. The first-order chi connectivity index (χ1) is 12.1. The summed E-state index contributed by atoms with van der Waals surface area (Å²) in [5.74, 6) is 2.30. The fourth-order valence-electron chi connectivity index (χ4n) is 2.34. The molecular formula is C18H24N2O5. The van der Waals surface area contributed by atoms with Gasteiger partial charge in [0.25, 0.3) is 0 Å². The van der Waals surface area contributed by atoms with E-state index in [9.17, 15) is 4.79 Å². The molecule has 0 radical (unpaired) electrons. The van der Waals surface area contributed by atoms with Crippen LogP contribution in [0.25, 0.3) is 0 Å². The summed E-state index contributed by atoms with van der Waals surface area (Å²) in [7, 11) is 4.70. The molecule has 1 unspecified atom stereocenters. The minimum absolute atomic E-state index is 0.108. The molecule has 0 aliphatic heterocycles. The molecule has 25 heavy (non-hydrogen) atoms. The maximum absolute atomic E-state index is 12.1. The number of rotatable bonds is 9. The molecule has 1 heterocycles. The fourth-order valence-corrected chi connectivity index (χ4v) is 2.34. The van der Waals surface area contributed by atoms with Gasteiger partial charge in [-0.15, -0.1) is 0 Å². The van der Waals surface area contributed by atoms with Gasteiger partial charge in [-0.3, -0.25) is 4.79 Å². The molecule has 1 amide bonds. The molecular weight excluding hydrogens is 324 g/mol. The molecule has 2 N–H and O–H groups in total. The van der Waals surface area contributed by atoms with Crippen LogP contribution < -0.4 is 24.8 Å². The van der Waals surface area contributed by atoms with Crippen LogP contribution in [-0.2, 0) is 17.9 Å². The monoisotopic (exact) mass is 348 g/mol. The average Bonchev–Trinajstić information content (AvgIpc) is 3.16. The van der Waals surface area contributed by atoms with E-state index in [4.69, 9.17) is 18.6 Å². The largest absolute Gasteiger partial charge is 0.493 e. The van der Waals surface area contributed by atoms with Gasteiger partial charge < -0.3 is 29.3 Å². The normalized spacial score (nSPS) is 11.7. The van der Waals surface area contributed by atoms with Crippen molar-refractivity contribution in [2.24, 2.45) is 0 Å². The van der Waals surface area contributed by atoms with E-state index < -0.39 is 0 Å². The number of methoxy groups -OCH3 is 3. The minimum Gasteiger partial charge on any atom is -0.493 e. The van der Waals surface area contributed by atoms with Crippen molar-refractivity contribution in [3.8, 4) is 17.2 Å². The zero-order valence-electron chi connectivity index (χ0n) is 14.9. The molecule has 1 aromatic heterocycles. The van der Waals surface area contributed by atoms with Gasteiger partial charge in [-0.25, -0.2) is 0 Å². The Morgan fingerprint density at radius 2 is 1.80 bits per heavy atom. The molecule has 1 atom stereocenters. The molecule has 2 aromatic rings. The van der Waals surface area contributed by atoms with Crippen molar-refractivity contribution < 1.29 is 23.4 Å². The topological polar surface area (TPSA) is 82.0 Å². The lowest BCUT2D eigenvalue weighted by Gasteiger charge is -2.16. The van der Waals surface area contributed by atoms with Crippen molar-refractivity contribution >= 4 is 5.91 Å². The molecule has 0 saturated carbocycles. The molecule has 0 spiro atoms. The number of ether oxygens (including phenoxy) is 3. The number of nitrogens with one attached hydrogen (secondary N) is 2. The Kier molecular flexibility index (Phi) is 6.71. The van der Waals surface area contributed by atoms with Crippen molar-refractivity contribution in [1.82, 2.24) is 10.6 Å². The third kappa shape index (κ3) is 4.90. The number of hydrogen-bond donors (Lipinski definition) is 2. The Balaban J connectivity index is 1.94. The summed E-state index contributed by atoms with van der Waals surface area (Å²) in [5.41, 5.74) is 0.917. The quantitative estimate of drug-likeness (QED) is 0.722.